The standard InChI is InChI=1S/C16H16N2O2S2/c1-3-14(19)12-10-11-6-4-7-13(16(11)17-12)18(2)22(20)15-8-5-9-21-15/h4-10,17H,3H2,1-2H3. The van der Waals surface area contributed by atoms with Gasteiger partial charge < -0.3 is 4.98 Å². The van der Waals surface area contributed by atoms with E-state index in [9.17, 15) is 9.00 Å². The SMILES string of the molecule is CCC(=O)c1cc2cccc(N(C)S(=O)c3cccs3)c2[nH]1. The molecule has 0 aliphatic rings. The highest BCUT2D eigenvalue weighted by Crippen LogP contribution is 2.29. The first-order chi connectivity index (χ1) is 10.6. The molecule has 4 nitrogen and oxygen atoms in total. The molecule has 0 amide bonds. The predicted octanol–water partition coefficient (Wildman–Crippen LogP) is 3.98. The number of Topliss-reactive ketones (excluding diaryl/α,β-unsaturated/α-hetero) is 1. The maximum atomic E-state index is 12.6. The average molecular weight is 332 g/mol. The quantitative estimate of drug-likeness (QED) is 0.719. The van der Waals surface area contributed by atoms with E-state index in [0.29, 0.717) is 12.1 Å². The van der Waals surface area contributed by atoms with E-state index < -0.39 is 11.0 Å². The van der Waals surface area contributed by atoms with Crippen LogP contribution in [0.25, 0.3) is 10.9 Å². The summed E-state index contributed by atoms with van der Waals surface area (Å²) in [4.78, 5) is 15.1. The van der Waals surface area contributed by atoms with Gasteiger partial charge in [0.2, 0.25) is 0 Å². The Bertz CT molecular complexity index is 837. The second-order valence-electron chi connectivity index (χ2n) is 4.88. The lowest BCUT2D eigenvalue weighted by Crippen LogP contribution is -2.19. The van der Waals surface area contributed by atoms with Gasteiger partial charge >= 0.3 is 0 Å². The van der Waals surface area contributed by atoms with Crippen LogP contribution < -0.4 is 4.31 Å². The number of carbonyl (C=O) groups excluding carboxylic acids is 1. The second-order valence-corrected chi connectivity index (χ2v) is 7.57. The Morgan fingerprint density at radius 1 is 1.32 bits per heavy atom. The van der Waals surface area contributed by atoms with Crippen LogP contribution in [0.3, 0.4) is 0 Å². The van der Waals surface area contributed by atoms with Crippen molar-refractivity contribution >= 4 is 44.7 Å². The molecule has 1 atom stereocenters. The Morgan fingerprint density at radius 2 is 2.14 bits per heavy atom. The number of aromatic nitrogens is 1. The molecular weight excluding hydrogens is 316 g/mol. The first-order valence-corrected chi connectivity index (χ1v) is 8.94. The Balaban J connectivity index is 2.05. The lowest BCUT2D eigenvalue weighted by molar-refractivity contribution is 0.0984. The van der Waals surface area contributed by atoms with Crippen molar-refractivity contribution in [2.75, 3.05) is 11.4 Å². The van der Waals surface area contributed by atoms with Gasteiger partial charge in [-0.2, -0.15) is 0 Å². The summed E-state index contributed by atoms with van der Waals surface area (Å²) >= 11 is 1.47. The summed E-state index contributed by atoms with van der Waals surface area (Å²) < 4.78 is 15.1. The van der Waals surface area contributed by atoms with Crippen LogP contribution in [0, 0.1) is 0 Å². The van der Waals surface area contributed by atoms with Gasteiger partial charge in [0.1, 0.15) is 4.21 Å². The Morgan fingerprint density at radius 3 is 2.82 bits per heavy atom. The molecule has 2 heterocycles. The molecule has 0 bridgehead atoms. The van der Waals surface area contributed by atoms with E-state index >= 15 is 0 Å². The minimum absolute atomic E-state index is 0.0733. The number of fused-ring (bicyclic) bond motifs is 1. The van der Waals surface area contributed by atoms with Crippen molar-refractivity contribution in [3.8, 4) is 0 Å². The summed E-state index contributed by atoms with van der Waals surface area (Å²) in [6.07, 6.45) is 0.457. The van der Waals surface area contributed by atoms with E-state index in [4.69, 9.17) is 0 Å². The van der Waals surface area contributed by atoms with Crippen LogP contribution in [-0.2, 0) is 11.0 Å². The summed E-state index contributed by atoms with van der Waals surface area (Å²) in [6, 6.07) is 11.4. The number of thiophene rings is 1. The van der Waals surface area contributed by atoms with Crippen LogP contribution >= 0.6 is 11.3 Å². The molecule has 114 valence electrons. The maximum absolute atomic E-state index is 12.6. The van der Waals surface area contributed by atoms with Gasteiger partial charge in [-0.05, 0) is 23.6 Å². The third kappa shape index (κ3) is 2.60. The van der Waals surface area contributed by atoms with Crippen molar-refractivity contribution < 1.29 is 9.00 Å². The number of hydrogen-bond donors (Lipinski definition) is 1. The molecule has 1 N–H and O–H groups in total. The van der Waals surface area contributed by atoms with Gasteiger partial charge in [0.05, 0.1) is 16.9 Å². The molecule has 0 aliphatic heterocycles. The van der Waals surface area contributed by atoms with Crippen LogP contribution in [-0.4, -0.2) is 22.0 Å². The largest absolute Gasteiger partial charge is 0.350 e. The second kappa shape index (κ2) is 6.06. The molecular formula is C16H16N2O2S2. The fourth-order valence-corrected chi connectivity index (χ4v) is 4.41. The molecule has 0 aliphatic carbocycles. The third-order valence-corrected chi connectivity index (χ3v) is 6.06. The summed E-state index contributed by atoms with van der Waals surface area (Å²) in [6.45, 7) is 1.84. The van der Waals surface area contributed by atoms with E-state index in [2.05, 4.69) is 4.98 Å². The van der Waals surface area contributed by atoms with Crippen molar-refractivity contribution in [3.63, 3.8) is 0 Å². The predicted molar refractivity (Wildman–Crippen MR) is 92.1 cm³/mol. The zero-order valence-electron chi connectivity index (χ0n) is 12.3. The van der Waals surface area contributed by atoms with Crippen molar-refractivity contribution in [2.24, 2.45) is 0 Å². The number of aromatic amines is 1. The third-order valence-electron chi connectivity index (χ3n) is 3.51. The number of nitrogens with zero attached hydrogens (tertiary/aromatic N) is 1. The van der Waals surface area contributed by atoms with Gasteiger partial charge in [0.15, 0.2) is 16.8 Å². The number of benzene rings is 1. The first kappa shape index (κ1) is 15.0. The Kier molecular flexibility index (Phi) is 4.13. The highest BCUT2D eigenvalue weighted by molar-refractivity contribution is 7.88. The van der Waals surface area contributed by atoms with Crippen LogP contribution in [0.2, 0.25) is 0 Å². The van der Waals surface area contributed by atoms with Gasteiger partial charge in [-0.25, -0.2) is 4.21 Å². The molecule has 0 spiro atoms. The van der Waals surface area contributed by atoms with Gasteiger partial charge in [-0.15, -0.1) is 11.3 Å². The monoisotopic (exact) mass is 332 g/mol. The molecule has 1 unspecified atom stereocenters. The van der Waals surface area contributed by atoms with E-state index in [-0.39, 0.29) is 5.78 Å². The minimum atomic E-state index is -1.26. The Hall–Kier alpha value is -1.92. The van der Waals surface area contributed by atoms with E-state index in [1.165, 1.54) is 11.3 Å². The van der Waals surface area contributed by atoms with Crippen LogP contribution in [0.4, 0.5) is 5.69 Å². The highest BCUT2D eigenvalue weighted by atomic mass is 32.2. The van der Waals surface area contributed by atoms with E-state index in [0.717, 1.165) is 20.8 Å². The van der Waals surface area contributed by atoms with Crippen molar-refractivity contribution in [2.45, 2.75) is 17.6 Å². The van der Waals surface area contributed by atoms with Crippen molar-refractivity contribution in [1.29, 1.82) is 0 Å². The van der Waals surface area contributed by atoms with Gasteiger partial charge in [0.25, 0.3) is 0 Å². The molecule has 22 heavy (non-hydrogen) atoms. The minimum Gasteiger partial charge on any atom is -0.350 e. The number of carbonyl (C=O) groups is 1. The number of H-pyrrole nitrogens is 1. The molecule has 0 fully saturated rings. The molecule has 1 aromatic carbocycles. The van der Waals surface area contributed by atoms with Crippen molar-refractivity contribution in [1.82, 2.24) is 4.98 Å². The maximum Gasteiger partial charge on any atom is 0.178 e. The molecule has 3 rings (SSSR count). The van der Waals surface area contributed by atoms with E-state index in [1.54, 1.807) is 11.4 Å². The lowest BCUT2D eigenvalue weighted by Gasteiger charge is -2.17. The molecule has 6 heteroatoms. The van der Waals surface area contributed by atoms with Gasteiger partial charge in [0, 0.05) is 18.9 Å². The highest BCUT2D eigenvalue weighted by Gasteiger charge is 2.17. The zero-order chi connectivity index (χ0) is 15.7. The van der Waals surface area contributed by atoms with Gasteiger partial charge in [-0.1, -0.05) is 25.1 Å². The van der Waals surface area contributed by atoms with Crippen LogP contribution in [0.1, 0.15) is 23.8 Å². The molecule has 0 radical (unpaired) electrons. The summed E-state index contributed by atoms with van der Waals surface area (Å²) in [5.41, 5.74) is 2.26. The number of rotatable bonds is 5. The lowest BCUT2D eigenvalue weighted by atomic mass is 10.2. The smallest absolute Gasteiger partial charge is 0.178 e. The Labute approximate surface area is 135 Å². The fraction of sp³-hybridized carbons (Fsp3) is 0.188. The number of para-hydroxylation sites is 1. The molecule has 2 aromatic heterocycles. The topological polar surface area (TPSA) is 53.2 Å². The first-order valence-electron chi connectivity index (χ1n) is 6.96. The fourth-order valence-electron chi connectivity index (χ4n) is 2.33. The number of nitrogens with one attached hydrogen (secondary N) is 1. The normalized spacial score (nSPS) is 12.5. The van der Waals surface area contributed by atoms with Crippen LogP contribution in [0.15, 0.2) is 46.0 Å². The number of ketones is 1. The average Bonchev–Trinajstić information content (AvgIpc) is 3.21. The van der Waals surface area contributed by atoms with Crippen LogP contribution in [0.5, 0.6) is 0 Å². The molecule has 0 saturated heterocycles. The van der Waals surface area contributed by atoms with E-state index in [1.807, 2.05) is 48.7 Å². The summed E-state index contributed by atoms with van der Waals surface area (Å²) in [7, 11) is 0.538. The number of anilines is 1. The molecule has 0 saturated carbocycles. The zero-order valence-corrected chi connectivity index (χ0v) is 14.0. The van der Waals surface area contributed by atoms with Gasteiger partial charge in [-0.3, -0.25) is 9.10 Å². The molecule has 3 aromatic rings. The summed E-state index contributed by atoms with van der Waals surface area (Å²) in [5, 5.41) is 2.86. The summed E-state index contributed by atoms with van der Waals surface area (Å²) in [5.74, 6) is 0.0733. The number of hydrogen-bond acceptors (Lipinski definition) is 3. The van der Waals surface area contributed by atoms with Crippen molar-refractivity contribution in [3.05, 3.63) is 47.5 Å².